The molecule has 142 valence electrons. The van der Waals surface area contributed by atoms with E-state index in [0.29, 0.717) is 5.95 Å². The molecule has 0 saturated heterocycles. The lowest BCUT2D eigenvalue weighted by Gasteiger charge is -2.15. The Bertz CT molecular complexity index is 1120. The van der Waals surface area contributed by atoms with Crippen LogP contribution in [0, 0.1) is 12.7 Å². The second-order valence-corrected chi connectivity index (χ2v) is 7.46. The highest BCUT2D eigenvalue weighted by molar-refractivity contribution is 6.05. The van der Waals surface area contributed by atoms with Crippen LogP contribution in [0.4, 0.5) is 16.0 Å². The number of aryl methyl sites for hydroxylation is 1. The van der Waals surface area contributed by atoms with Crippen molar-refractivity contribution in [2.75, 3.05) is 10.2 Å². The van der Waals surface area contributed by atoms with Gasteiger partial charge in [0.1, 0.15) is 11.9 Å². The molecular formula is C21H19FN4O2. The van der Waals surface area contributed by atoms with Crippen LogP contribution >= 0.6 is 0 Å². The average molecular weight is 378 g/mol. The summed E-state index contributed by atoms with van der Waals surface area (Å²) in [4.78, 5) is 32.0. The first-order valence-corrected chi connectivity index (χ1v) is 9.39. The van der Waals surface area contributed by atoms with E-state index in [1.807, 2.05) is 28.8 Å². The highest BCUT2D eigenvalue weighted by atomic mass is 19.1. The molecule has 2 amide bonds. The zero-order chi connectivity index (χ0) is 19.4. The Morgan fingerprint density at radius 2 is 2.04 bits per heavy atom. The van der Waals surface area contributed by atoms with Gasteiger partial charge in [0.05, 0.1) is 23.1 Å². The molecule has 0 spiro atoms. The Labute approximate surface area is 161 Å². The largest absolute Gasteiger partial charge is 0.324 e. The quantitative estimate of drug-likeness (QED) is 0.755. The van der Waals surface area contributed by atoms with Gasteiger partial charge in [0.25, 0.3) is 5.91 Å². The third kappa shape index (κ3) is 2.66. The normalized spacial score (nSPS) is 18.6. The van der Waals surface area contributed by atoms with Gasteiger partial charge in [-0.05, 0) is 49.6 Å². The number of nitrogens with zero attached hydrogens (tertiary/aromatic N) is 3. The Hall–Kier alpha value is -3.22. The molecule has 7 heteroatoms. The fourth-order valence-electron chi connectivity index (χ4n) is 3.83. The second kappa shape index (κ2) is 6.15. The number of fused-ring (bicyclic) bond motifs is 3. The van der Waals surface area contributed by atoms with E-state index in [1.165, 1.54) is 12.1 Å². The van der Waals surface area contributed by atoms with E-state index in [1.54, 1.807) is 17.9 Å². The Kier molecular flexibility index (Phi) is 3.72. The Morgan fingerprint density at radius 3 is 2.79 bits per heavy atom. The molecule has 2 aliphatic rings. The molecule has 1 saturated carbocycles. The van der Waals surface area contributed by atoms with Gasteiger partial charge in [-0.3, -0.25) is 19.1 Å². The number of hydrogen-bond donors (Lipinski definition) is 1. The molecular weight excluding hydrogens is 359 g/mol. The van der Waals surface area contributed by atoms with Crippen molar-refractivity contribution in [3.8, 4) is 0 Å². The molecule has 28 heavy (non-hydrogen) atoms. The van der Waals surface area contributed by atoms with Crippen molar-refractivity contribution < 1.29 is 14.0 Å². The number of benzene rings is 2. The van der Waals surface area contributed by atoms with Gasteiger partial charge in [-0.15, -0.1) is 0 Å². The van der Waals surface area contributed by atoms with E-state index in [-0.39, 0.29) is 24.1 Å². The molecule has 1 aromatic heterocycles. The summed E-state index contributed by atoms with van der Waals surface area (Å²) in [5.41, 5.74) is 2.52. The fraction of sp³-hybridized carbons (Fsp3) is 0.286. The third-order valence-electron chi connectivity index (χ3n) is 5.32. The first-order chi connectivity index (χ1) is 13.5. The van der Waals surface area contributed by atoms with Crippen molar-refractivity contribution in [3.05, 3.63) is 53.8 Å². The van der Waals surface area contributed by atoms with E-state index in [0.717, 1.165) is 29.4 Å². The van der Waals surface area contributed by atoms with E-state index < -0.39 is 17.8 Å². The molecule has 1 aliphatic heterocycles. The van der Waals surface area contributed by atoms with Crippen molar-refractivity contribution in [3.63, 3.8) is 0 Å². The molecule has 0 bridgehead atoms. The van der Waals surface area contributed by atoms with Crippen molar-refractivity contribution in [1.29, 1.82) is 0 Å². The maximum atomic E-state index is 14.1. The molecule has 0 unspecified atom stereocenters. The minimum atomic E-state index is -0.670. The number of anilines is 2. The smallest absolute Gasteiger partial charge is 0.253 e. The van der Waals surface area contributed by atoms with Gasteiger partial charge in [0.2, 0.25) is 11.9 Å². The van der Waals surface area contributed by atoms with Crippen LogP contribution < -0.4 is 10.2 Å². The van der Waals surface area contributed by atoms with Crippen molar-refractivity contribution in [2.45, 2.75) is 38.3 Å². The van der Waals surface area contributed by atoms with Crippen LogP contribution in [0.25, 0.3) is 11.0 Å². The summed E-state index contributed by atoms with van der Waals surface area (Å²) in [5, 5.41) is 2.60. The van der Waals surface area contributed by atoms with E-state index in [2.05, 4.69) is 10.3 Å². The minimum absolute atomic E-state index is 0.0667. The molecule has 2 aromatic carbocycles. The number of halogens is 1. The van der Waals surface area contributed by atoms with Crippen LogP contribution in [0.2, 0.25) is 0 Å². The standard InChI is InChI=1S/C21H19FN4O2/c1-12-6-9-15(14(22)10-12)23-19(27)11-18-20(28)25(13-7-8-13)21-24-16-4-2-3-5-17(16)26(18)21/h2-6,9-10,13,18H,7-8,11H2,1H3,(H,23,27)/t18-/m1/s1. The fourth-order valence-corrected chi connectivity index (χ4v) is 3.83. The topological polar surface area (TPSA) is 67.2 Å². The molecule has 1 atom stereocenters. The molecule has 6 nitrogen and oxygen atoms in total. The van der Waals surface area contributed by atoms with Crippen LogP contribution in [-0.2, 0) is 9.59 Å². The number of para-hydroxylation sites is 2. The van der Waals surface area contributed by atoms with Gasteiger partial charge in [-0.1, -0.05) is 18.2 Å². The van der Waals surface area contributed by atoms with Gasteiger partial charge >= 0.3 is 0 Å². The zero-order valence-electron chi connectivity index (χ0n) is 15.4. The van der Waals surface area contributed by atoms with Crippen molar-refractivity contribution >= 4 is 34.5 Å². The van der Waals surface area contributed by atoms with Gasteiger partial charge in [-0.25, -0.2) is 9.37 Å². The molecule has 5 rings (SSSR count). The minimum Gasteiger partial charge on any atom is -0.324 e. The predicted molar refractivity (Wildman–Crippen MR) is 104 cm³/mol. The van der Waals surface area contributed by atoms with Crippen LogP contribution in [0.15, 0.2) is 42.5 Å². The van der Waals surface area contributed by atoms with Crippen LogP contribution in [0.5, 0.6) is 0 Å². The summed E-state index contributed by atoms with van der Waals surface area (Å²) in [5.74, 6) is -0.398. The highest BCUT2D eigenvalue weighted by Crippen LogP contribution is 2.42. The first kappa shape index (κ1) is 16.9. The first-order valence-electron chi connectivity index (χ1n) is 9.39. The summed E-state index contributed by atoms with van der Waals surface area (Å²) < 4.78 is 15.9. The number of imidazole rings is 1. The lowest BCUT2D eigenvalue weighted by Crippen LogP contribution is -2.33. The molecule has 0 radical (unpaired) electrons. The summed E-state index contributed by atoms with van der Waals surface area (Å²) in [7, 11) is 0. The van der Waals surface area contributed by atoms with E-state index in [4.69, 9.17) is 0 Å². The summed E-state index contributed by atoms with van der Waals surface area (Å²) in [6, 6.07) is 11.7. The Morgan fingerprint density at radius 1 is 1.25 bits per heavy atom. The number of rotatable bonds is 4. The van der Waals surface area contributed by atoms with Crippen molar-refractivity contribution in [1.82, 2.24) is 9.55 Å². The Balaban J connectivity index is 1.46. The van der Waals surface area contributed by atoms with Crippen LogP contribution in [-0.4, -0.2) is 27.4 Å². The lowest BCUT2D eigenvalue weighted by molar-refractivity contribution is -0.124. The van der Waals surface area contributed by atoms with Crippen LogP contribution in [0.1, 0.15) is 30.9 Å². The van der Waals surface area contributed by atoms with Gasteiger partial charge in [-0.2, -0.15) is 0 Å². The number of hydrogen-bond acceptors (Lipinski definition) is 3. The maximum Gasteiger partial charge on any atom is 0.253 e. The van der Waals surface area contributed by atoms with Gasteiger partial charge in [0.15, 0.2) is 0 Å². The summed E-state index contributed by atoms with van der Waals surface area (Å²) in [6.07, 6.45) is 1.83. The molecule has 2 heterocycles. The SMILES string of the molecule is Cc1ccc(NC(=O)C[C@@H]2C(=O)N(C3CC3)c3nc4ccccc4n32)c(F)c1. The molecule has 1 fully saturated rings. The predicted octanol–water partition coefficient (Wildman–Crippen LogP) is 3.56. The summed E-state index contributed by atoms with van der Waals surface area (Å²) >= 11 is 0. The van der Waals surface area contributed by atoms with Gasteiger partial charge < -0.3 is 5.32 Å². The zero-order valence-corrected chi connectivity index (χ0v) is 15.4. The second-order valence-electron chi connectivity index (χ2n) is 7.46. The average Bonchev–Trinajstić information content (AvgIpc) is 3.37. The highest BCUT2D eigenvalue weighted by Gasteiger charge is 2.47. The number of carbonyl (C=O) groups is 2. The molecule has 1 N–H and O–H groups in total. The van der Waals surface area contributed by atoms with Crippen molar-refractivity contribution in [2.24, 2.45) is 0 Å². The molecule has 3 aromatic rings. The van der Waals surface area contributed by atoms with Gasteiger partial charge in [0, 0.05) is 6.04 Å². The summed E-state index contributed by atoms with van der Waals surface area (Å²) in [6.45, 7) is 1.78. The lowest BCUT2D eigenvalue weighted by atomic mass is 10.1. The van der Waals surface area contributed by atoms with Crippen LogP contribution in [0.3, 0.4) is 0 Å². The number of carbonyl (C=O) groups excluding carboxylic acids is 2. The number of aromatic nitrogens is 2. The van der Waals surface area contributed by atoms with E-state index in [9.17, 15) is 14.0 Å². The van der Waals surface area contributed by atoms with E-state index >= 15 is 0 Å². The monoisotopic (exact) mass is 378 g/mol. The number of nitrogens with one attached hydrogen (secondary N) is 1. The number of amides is 2. The third-order valence-corrected chi connectivity index (χ3v) is 5.32. The maximum absolute atomic E-state index is 14.1. The molecule has 1 aliphatic carbocycles.